The van der Waals surface area contributed by atoms with Crippen LogP contribution in [0.15, 0.2) is 30.3 Å². The van der Waals surface area contributed by atoms with Crippen molar-refractivity contribution in [3.05, 3.63) is 35.9 Å². The summed E-state index contributed by atoms with van der Waals surface area (Å²) in [7, 11) is 0. The van der Waals surface area contributed by atoms with Crippen molar-refractivity contribution in [3.63, 3.8) is 0 Å². The van der Waals surface area contributed by atoms with Crippen LogP contribution in [0.25, 0.3) is 0 Å². The number of carbonyl (C=O) groups is 1. The molecule has 18 heavy (non-hydrogen) atoms. The fourth-order valence-electron chi connectivity index (χ4n) is 0.534. The average Bonchev–Trinajstić information content (AvgIpc) is 2.33. The lowest BCUT2D eigenvalue weighted by Gasteiger charge is -1.82. The summed E-state index contributed by atoms with van der Waals surface area (Å²) in [4.78, 5) is 26.5. The van der Waals surface area contributed by atoms with E-state index >= 15 is 0 Å². The van der Waals surface area contributed by atoms with E-state index in [0.29, 0.717) is 6.42 Å². The summed E-state index contributed by atoms with van der Waals surface area (Å²) < 4.78 is 0. The summed E-state index contributed by atoms with van der Waals surface area (Å²) in [6, 6.07) is 10.3. The van der Waals surface area contributed by atoms with E-state index in [1.165, 1.54) is 5.56 Å². The maximum atomic E-state index is 9.81. The Morgan fingerprint density at radius 2 is 1.39 bits per heavy atom. The molecule has 0 aliphatic rings. The molecule has 1 aromatic carbocycles. The summed E-state index contributed by atoms with van der Waals surface area (Å²) in [6.45, 7) is 5.52. The van der Waals surface area contributed by atoms with Crippen molar-refractivity contribution in [2.75, 3.05) is 0 Å². The Hall–Kier alpha value is -2.35. The van der Waals surface area contributed by atoms with Crippen LogP contribution >= 0.6 is 0 Å². The van der Waals surface area contributed by atoms with E-state index in [0.717, 1.165) is 12.2 Å². The highest BCUT2D eigenvalue weighted by molar-refractivity contribution is 5.74. The van der Waals surface area contributed by atoms with Crippen molar-refractivity contribution >= 4 is 17.9 Å². The molecule has 0 saturated heterocycles. The van der Waals surface area contributed by atoms with Gasteiger partial charge in [0, 0.05) is 6.42 Å². The van der Waals surface area contributed by atoms with Crippen molar-refractivity contribution < 1.29 is 14.4 Å². The van der Waals surface area contributed by atoms with Gasteiger partial charge in [0.1, 0.15) is 5.78 Å². The van der Waals surface area contributed by atoms with Gasteiger partial charge in [-0.05, 0) is 13.8 Å². The van der Waals surface area contributed by atoms with Crippen LogP contribution in [0.1, 0.15) is 25.8 Å². The van der Waals surface area contributed by atoms with Gasteiger partial charge in [-0.1, -0.05) is 42.8 Å². The third-order valence-electron chi connectivity index (χ3n) is 1.44. The minimum atomic E-state index is 0.255. The largest absolute Gasteiger partial charge is 0.300 e. The molecule has 0 saturated carbocycles. The monoisotopic (exact) mass is 250 g/mol. The van der Waals surface area contributed by atoms with Gasteiger partial charge in [-0.3, -0.25) is 0 Å². The third kappa shape index (κ3) is 37.3. The number of hydrogen-bond acceptors (Lipinski definition) is 5. The van der Waals surface area contributed by atoms with Gasteiger partial charge in [-0.25, -0.2) is 20.4 Å². The van der Waals surface area contributed by atoms with Crippen LogP contribution in [0.3, 0.4) is 0 Å². The average molecular weight is 250 g/mol. The Kier molecular flexibility index (Phi) is 23.5. The Bertz CT molecular complexity index is 351. The summed E-state index contributed by atoms with van der Waals surface area (Å²) >= 11 is 0. The second kappa shape index (κ2) is 20.1. The minimum absolute atomic E-state index is 0.255. The first-order valence-corrected chi connectivity index (χ1v) is 5.08. The molecule has 0 bridgehead atoms. The summed E-state index contributed by atoms with van der Waals surface area (Å²) in [6.07, 6.45) is 2.17. The maximum absolute atomic E-state index is 9.81. The molecule has 0 aliphatic carbocycles. The molecule has 5 heteroatoms. The van der Waals surface area contributed by atoms with Crippen LogP contribution in [0, 0.1) is 17.7 Å². The van der Waals surface area contributed by atoms with Gasteiger partial charge in [0.05, 0.1) is 0 Å². The molecule has 5 nitrogen and oxygen atoms in total. The molecule has 98 valence electrons. The van der Waals surface area contributed by atoms with E-state index in [2.05, 4.69) is 19.1 Å². The SMILES string of the molecule is CCC(C)=O.Cc1ccccc1.N=C=O.N=C=O. The number of ketones is 1. The number of carbonyl (C=O) groups excluding carboxylic acids is 3. The van der Waals surface area contributed by atoms with Gasteiger partial charge in [-0.15, -0.1) is 0 Å². The highest BCUT2D eigenvalue weighted by atomic mass is 16.1. The quantitative estimate of drug-likeness (QED) is 0.592. The van der Waals surface area contributed by atoms with Gasteiger partial charge in [-0.2, -0.15) is 0 Å². The molecule has 0 atom stereocenters. The predicted molar refractivity (Wildman–Crippen MR) is 69.0 cm³/mol. The first-order valence-electron chi connectivity index (χ1n) is 5.08. The number of aryl methyl sites for hydroxylation is 1. The van der Waals surface area contributed by atoms with E-state index < -0.39 is 0 Å². The Morgan fingerprint density at radius 3 is 1.50 bits per heavy atom. The molecule has 0 aliphatic heterocycles. The van der Waals surface area contributed by atoms with Crippen LogP contribution in [0.5, 0.6) is 0 Å². The minimum Gasteiger partial charge on any atom is -0.300 e. The molecule has 0 heterocycles. The van der Waals surface area contributed by atoms with Crippen LogP contribution in [-0.2, 0) is 14.4 Å². The first-order chi connectivity index (χ1) is 8.49. The van der Waals surface area contributed by atoms with Crippen LogP contribution in [0.2, 0.25) is 0 Å². The van der Waals surface area contributed by atoms with Gasteiger partial charge < -0.3 is 4.79 Å². The first kappa shape index (κ1) is 21.0. The fraction of sp³-hybridized carbons (Fsp3) is 0.308. The highest BCUT2D eigenvalue weighted by Crippen LogP contribution is 1.92. The molecule has 0 unspecified atom stereocenters. The third-order valence-corrected chi connectivity index (χ3v) is 1.44. The van der Waals surface area contributed by atoms with E-state index in [1.54, 1.807) is 6.92 Å². The maximum Gasteiger partial charge on any atom is 0.231 e. The van der Waals surface area contributed by atoms with Crippen molar-refractivity contribution in [1.29, 1.82) is 10.8 Å². The molecular formula is C13H18N2O3. The van der Waals surface area contributed by atoms with Crippen molar-refractivity contribution in [1.82, 2.24) is 0 Å². The highest BCUT2D eigenvalue weighted by Gasteiger charge is 1.76. The number of benzene rings is 1. The molecule has 2 N–H and O–H groups in total. The van der Waals surface area contributed by atoms with Crippen LogP contribution < -0.4 is 0 Å². The van der Waals surface area contributed by atoms with Crippen molar-refractivity contribution in [3.8, 4) is 0 Å². The zero-order chi connectivity index (χ0) is 14.8. The molecule has 1 aromatic rings. The molecule has 1 rings (SSSR count). The van der Waals surface area contributed by atoms with E-state index in [-0.39, 0.29) is 5.78 Å². The topological polar surface area (TPSA) is 98.9 Å². The predicted octanol–water partition coefficient (Wildman–Crippen LogP) is 2.78. The van der Waals surface area contributed by atoms with E-state index in [1.807, 2.05) is 25.1 Å². The zero-order valence-corrected chi connectivity index (χ0v) is 10.8. The lowest BCUT2D eigenvalue weighted by atomic mass is 10.2. The molecule has 0 aromatic heterocycles. The van der Waals surface area contributed by atoms with E-state index in [4.69, 9.17) is 20.4 Å². The van der Waals surface area contributed by atoms with Crippen molar-refractivity contribution in [2.24, 2.45) is 0 Å². The molecule has 0 amide bonds. The number of isocyanates is 2. The summed E-state index contributed by atoms with van der Waals surface area (Å²) in [5.74, 6) is 0.255. The standard InChI is InChI=1S/C7H8.C4H8O.2CHNO/c1-7-5-3-2-4-6-7;1-3-4(2)5;2*2-1-3/h2-6H,1H3;3H2,1-2H3;2*2H. The number of hydrogen-bond donors (Lipinski definition) is 2. The van der Waals surface area contributed by atoms with Gasteiger partial charge in [0.15, 0.2) is 0 Å². The molecule has 0 fully saturated rings. The van der Waals surface area contributed by atoms with Gasteiger partial charge >= 0.3 is 0 Å². The Balaban J connectivity index is -0.000000182. The van der Waals surface area contributed by atoms with Crippen LogP contribution in [0.4, 0.5) is 0 Å². The number of nitrogens with one attached hydrogen (secondary N) is 2. The van der Waals surface area contributed by atoms with Crippen molar-refractivity contribution in [2.45, 2.75) is 27.2 Å². The Labute approximate surface area is 107 Å². The molecule has 0 radical (unpaired) electrons. The molecule has 0 spiro atoms. The smallest absolute Gasteiger partial charge is 0.231 e. The zero-order valence-electron chi connectivity index (χ0n) is 10.8. The summed E-state index contributed by atoms with van der Waals surface area (Å²) in [5, 5.41) is 10.8. The normalized spacial score (nSPS) is 6.39. The number of Topliss-reactive ketones (excluding diaryl/α,β-unsaturated/α-hetero) is 1. The van der Waals surface area contributed by atoms with E-state index in [9.17, 15) is 4.79 Å². The molecular weight excluding hydrogens is 232 g/mol. The Morgan fingerprint density at radius 1 is 1.11 bits per heavy atom. The fourth-order valence-corrected chi connectivity index (χ4v) is 0.534. The van der Waals surface area contributed by atoms with Gasteiger partial charge in [0.25, 0.3) is 0 Å². The lowest BCUT2D eigenvalue weighted by molar-refractivity contribution is -0.116. The van der Waals surface area contributed by atoms with Crippen LogP contribution in [-0.4, -0.2) is 17.9 Å². The lowest BCUT2D eigenvalue weighted by Crippen LogP contribution is -1.80. The summed E-state index contributed by atoms with van der Waals surface area (Å²) in [5.41, 5.74) is 1.32. The number of rotatable bonds is 1. The second-order valence-corrected chi connectivity index (χ2v) is 2.91. The van der Waals surface area contributed by atoms with Gasteiger partial charge in [0.2, 0.25) is 12.2 Å². The second-order valence-electron chi connectivity index (χ2n) is 2.91.